The highest BCUT2D eigenvalue weighted by molar-refractivity contribution is 5.15. The van der Waals surface area contributed by atoms with Crippen LogP contribution in [0.3, 0.4) is 0 Å². The van der Waals surface area contributed by atoms with Crippen LogP contribution in [0.2, 0.25) is 0 Å². The van der Waals surface area contributed by atoms with Gasteiger partial charge in [0.15, 0.2) is 0 Å². The molecular formula is C18H24N2. The van der Waals surface area contributed by atoms with Crippen LogP contribution in [0.5, 0.6) is 0 Å². The molecule has 0 saturated carbocycles. The molecule has 2 nitrogen and oxygen atoms in total. The molecule has 1 unspecified atom stereocenters. The number of nitrogens with one attached hydrogen (secondary N) is 1. The van der Waals surface area contributed by atoms with Crippen LogP contribution in [-0.2, 0) is 13.0 Å². The monoisotopic (exact) mass is 268 g/mol. The average Bonchev–Trinajstić information content (AvgIpc) is 2.44. The van der Waals surface area contributed by atoms with Gasteiger partial charge in [-0.2, -0.15) is 0 Å². The van der Waals surface area contributed by atoms with Crippen molar-refractivity contribution in [2.45, 2.75) is 39.8 Å². The Kier molecular flexibility index (Phi) is 4.91. The minimum Gasteiger partial charge on any atom is -0.309 e. The summed E-state index contributed by atoms with van der Waals surface area (Å²) in [5.74, 6) is 0. The minimum atomic E-state index is 0.213. The van der Waals surface area contributed by atoms with E-state index in [4.69, 9.17) is 0 Å². The Morgan fingerprint density at radius 3 is 2.30 bits per heavy atom. The first-order valence-electron chi connectivity index (χ1n) is 7.22. The van der Waals surface area contributed by atoms with E-state index < -0.39 is 0 Å². The van der Waals surface area contributed by atoms with Gasteiger partial charge in [0.2, 0.25) is 0 Å². The second-order valence-corrected chi connectivity index (χ2v) is 6.35. The van der Waals surface area contributed by atoms with Gasteiger partial charge in [0.05, 0.1) is 0 Å². The Hall–Kier alpha value is -1.67. The van der Waals surface area contributed by atoms with Crippen molar-refractivity contribution < 1.29 is 0 Å². The molecule has 1 atom stereocenters. The van der Waals surface area contributed by atoms with Gasteiger partial charge < -0.3 is 5.32 Å². The van der Waals surface area contributed by atoms with Crippen LogP contribution in [0.25, 0.3) is 0 Å². The summed E-state index contributed by atoms with van der Waals surface area (Å²) in [4.78, 5) is 4.21. The second-order valence-electron chi connectivity index (χ2n) is 6.35. The molecule has 0 radical (unpaired) electrons. The van der Waals surface area contributed by atoms with E-state index in [0.29, 0.717) is 6.04 Å². The maximum absolute atomic E-state index is 4.21. The lowest BCUT2D eigenvalue weighted by Crippen LogP contribution is -2.41. The van der Waals surface area contributed by atoms with E-state index in [-0.39, 0.29) is 5.41 Å². The zero-order valence-electron chi connectivity index (χ0n) is 12.6. The fourth-order valence-corrected chi connectivity index (χ4v) is 2.28. The van der Waals surface area contributed by atoms with Gasteiger partial charge in [-0.3, -0.25) is 4.98 Å². The summed E-state index contributed by atoms with van der Waals surface area (Å²) >= 11 is 0. The van der Waals surface area contributed by atoms with Crippen molar-refractivity contribution in [1.29, 1.82) is 0 Å². The first-order valence-corrected chi connectivity index (χ1v) is 7.22. The van der Waals surface area contributed by atoms with Crippen molar-refractivity contribution in [1.82, 2.24) is 10.3 Å². The molecule has 2 heteroatoms. The summed E-state index contributed by atoms with van der Waals surface area (Å²) in [7, 11) is 0. The lowest BCUT2D eigenvalue weighted by atomic mass is 9.83. The summed E-state index contributed by atoms with van der Waals surface area (Å²) in [5.41, 5.74) is 2.82. The van der Waals surface area contributed by atoms with Crippen molar-refractivity contribution in [2.75, 3.05) is 0 Å². The zero-order valence-corrected chi connectivity index (χ0v) is 12.6. The van der Waals surface area contributed by atoms with Gasteiger partial charge in [-0.15, -0.1) is 0 Å². The Balaban J connectivity index is 2.01. The maximum atomic E-state index is 4.21. The predicted molar refractivity (Wildman–Crippen MR) is 84.5 cm³/mol. The second kappa shape index (κ2) is 6.67. The highest BCUT2D eigenvalue weighted by Crippen LogP contribution is 2.23. The molecule has 1 N–H and O–H groups in total. The first kappa shape index (κ1) is 14.7. The quantitative estimate of drug-likeness (QED) is 0.891. The standard InChI is InChI=1S/C18H24N2/c1-18(2,3)17(12-16-10-7-11-19-13-16)20-14-15-8-5-4-6-9-15/h4-11,13,17,20H,12,14H2,1-3H3. The minimum absolute atomic E-state index is 0.213. The molecule has 0 aliphatic heterocycles. The van der Waals surface area contributed by atoms with Gasteiger partial charge in [-0.25, -0.2) is 0 Å². The van der Waals surface area contributed by atoms with Gasteiger partial charge in [0.25, 0.3) is 0 Å². The fraction of sp³-hybridized carbons (Fsp3) is 0.389. The van der Waals surface area contributed by atoms with Crippen LogP contribution in [0.15, 0.2) is 54.9 Å². The molecule has 106 valence electrons. The summed E-state index contributed by atoms with van der Waals surface area (Å²) in [6.45, 7) is 7.76. The Morgan fingerprint density at radius 2 is 1.70 bits per heavy atom. The third-order valence-electron chi connectivity index (χ3n) is 3.60. The summed E-state index contributed by atoms with van der Waals surface area (Å²) < 4.78 is 0. The van der Waals surface area contributed by atoms with E-state index in [1.807, 2.05) is 18.5 Å². The van der Waals surface area contributed by atoms with Crippen molar-refractivity contribution >= 4 is 0 Å². The molecule has 1 heterocycles. The molecule has 2 rings (SSSR count). The van der Waals surface area contributed by atoms with Crippen LogP contribution in [-0.4, -0.2) is 11.0 Å². The molecule has 1 aromatic carbocycles. The molecule has 2 aromatic rings. The fourth-order valence-electron chi connectivity index (χ4n) is 2.28. The highest BCUT2D eigenvalue weighted by atomic mass is 14.9. The third-order valence-corrected chi connectivity index (χ3v) is 3.60. The molecule has 0 amide bonds. The first-order chi connectivity index (χ1) is 9.55. The average molecular weight is 268 g/mol. The largest absolute Gasteiger partial charge is 0.309 e. The summed E-state index contributed by atoms with van der Waals surface area (Å²) in [5, 5.41) is 3.70. The van der Waals surface area contributed by atoms with Crippen molar-refractivity contribution in [2.24, 2.45) is 5.41 Å². The van der Waals surface area contributed by atoms with Crippen LogP contribution in [0.1, 0.15) is 31.9 Å². The van der Waals surface area contributed by atoms with Crippen molar-refractivity contribution in [3.63, 3.8) is 0 Å². The van der Waals surface area contributed by atoms with Crippen LogP contribution in [0, 0.1) is 5.41 Å². The number of hydrogen-bond donors (Lipinski definition) is 1. The Morgan fingerprint density at radius 1 is 1.00 bits per heavy atom. The number of rotatable bonds is 5. The number of hydrogen-bond acceptors (Lipinski definition) is 2. The summed E-state index contributed by atoms with van der Waals surface area (Å²) in [6.07, 6.45) is 4.79. The molecule has 0 bridgehead atoms. The lowest BCUT2D eigenvalue weighted by Gasteiger charge is -2.32. The van der Waals surface area contributed by atoms with E-state index in [1.165, 1.54) is 11.1 Å². The molecule has 0 aliphatic rings. The third kappa shape index (κ3) is 4.46. The highest BCUT2D eigenvalue weighted by Gasteiger charge is 2.24. The van der Waals surface area contributed by atoms with Gasteiger partial charge in [-0.1, -0.05) is 57.2 Å². The van der Waals surface area contributed by atoms with Crippen LogP contribution < -0.4 is 5.32 Å². The lowest BCUT2D eigenvalue weighted by molar-refractivity contribution is 0.264. The molecule has 0 aliphatic carbocycles. The van der Waals surface area contributed by atoms with E-state index in [0.717, 1.165) is 13.0 Å². The van der Waals surface area contributed by atoms with Gasteiger partial charge in [0, 0.05) is 25.0 Å². The number of benzene rings is 1. The van der Waals surface area contributed by atoms with Gasteiger partial charge in [-0.05, 0) is 29.0 Å². The molecule has 0 spiro atoms. The summed E-state index contributed by atoms with van der Waals surface area (Å²) in [6, 6.07) is 15.1. The Bertz CT molecular complexity index is 500. The normalized spacial score (nSPS) is 13.2. The van der Waals surface area contributed by atoms with Gasteiger partial charge in [0.1, 0.15) is 0 Å². The zero-order chi connectivity index (χ0) is 14.4. The van der Waals surface area contributed by atoms with E-state index in [9.17, 15) is 0 Å². The molecule has 20 heavy (non-hydrogen) atoms. The smallest absolute Gasteiger partial charge is 0.0300 e. The van der Waals surface area contributed by atoms with Crippen LogP contribution >= 0.6 is 0 Å². The van der Waals surface area contributed by atoms with E-state index in [1.54, 1.807) is 0 Å². The molecule has 0 saturated heterocycles. The van der Waals surface area contributed by atoms with Crippen LogP contribution in [0.4, 0.5) is 0 Å². The molecular weight excluding hydrogens is 244 g/mol. The predicted octanol–water partition coefficient (Wildman–Crippen LogP) is 3.83. The molecule has 0 fully saturated rings. The number of nitrogens with zero attached hydrogens (tertiary/aromatic N) is 1. The SMILES string of the molecule is CC(C)(C)C(Cc1cccnc1)NCc1ccccc1. The maximum Gasteiger partial charge on any atom is 0.0300 e. The van der Waals surface area contributed by atoms with Crippen molar-refractivity contribution in [3.05, 3.63) is 66.0 Å². The van der Waals surface area contributed by atoms with E-state index >= 15 is 0 Å². The topological polar surface area (TPSA) is 24.9 Å². The van der Waals surface area contributed by atoms with Gasteiger partial charge >= 0.3 is 0 Å². The molecule has 1 aromatic heterocycles. The Labute approximate surface area is 122 Å². The van der Waals surface area contributed by atoms with Crippen molar-refractivity contribution in [3.8, 4) is 0 Å². The van der Waals surface area contributed by atoms with E-state index in [2.05, 4.69) is 67.5 Å². The number of pyridine rings is 1. The number of aromatic nitrogens is 1.